The molecule has 1 N–H and O–H groups in total. The molecule has 0 saturated heterocycles. The maximum absolute atomic E-state index is 3.49. The van der Waals surface area contributed by atoms with E-state index in [4.69, 9.17) is 0 Å². The number of thiophene rings is 2. The lowest BCUT2D eigenvalue weighted by Crippen LogP contribution is -2.21. The molecule has 0 aromatic carbocycles. The van der Waals surface area contributed by atoms with E-state index >= 15 is 0 Å². The SMILES string of the molecule is CC(CNCc1cccs1)Sc1cccs1. The van der Waals surface area contributed by atoms with Crippen molar-refractivity contribution in [3.05, 3.63) is 39.9 Å². The molecule has 1 unspecified atom stereocenters. The number of hydrogen-bond donors (Lipinski definition) is 1. The second-order valence-electron chi connectivity index (χ2n) is 3.57. The predicted octanol–water partition coefficient (Wildman–Crippen LogP) is 4.08. The highest BCUT2D eigenvalue weighted by molar-refractivity contribution is 8.01. The molecule has 4 heteroatoms. The van der Waals surface area contributed by atoms with E-state index in [2.05, 4.69) is 47.3 Å². The summed E-state index contributed by atoms with van der Waals surface area (Å²) in [5.41, 5.74) is 0. The zero-order valence-corrected chi connectivity index (χ0v) is 11.6. The molecule has 0 saturated carbocycles. The van der Waals surface area contributed by atoms with E-state index in [1.54, 1.807) is 0 Å². The molecule has 1 atom stereocenters. The van der Waals surface area contributed by atoms with E-state index in [0.29, 0.717) is 5.25 Å². The fourth-order valence-electron chi connectivity index (χ4n) is 1.38. The maximum atomic E-state index is 3.49. The minimum absolute atomic E-state index is 0.624. The van der Waals surface area contributed by atoms with Crippen LogP contribution >= 0.6 is 34.4 Å². The van der Waals surface area contributed by atoms with Gasteiger partial charge in [-0.3, -0.25) is 0 Å². The Labute approximate surface area is 109 Å². The average molecular weight is 269 g/mol. The van der Waals surface area contributed by atoms with E-state index in [1.807, 2.05) is 34.4 Å². The van der Waals surface area contributed by atoms with Crippen LogP contribution in [0.25, 0.3) is 0 Å². The number of rotatable bonds is 6. The quantitative estimate of drug-likeness (QED) is 0.793. The van der Waals surface area contributed by atoms with Gasteiger partial charge >= 0.3 is 0 Å². The van der Waals surface area contributed by atoms with E-state index in [9.17, 15) is 0 Å². The standard InChI is InChI=1S/C12H15NS3/c1-10(16-12-5-3-7-15-12)8-13-9-11-4-2-6-14-11/h2-7,10,13H,8-9H2,1H3. The Morgan fingerprint density at radius 1 is 1.25 bits per heavy atom. The molecule has 0 radical (unpaired) electrons. The van der Waals surface area contributed by atoms with Gasteiger partial charge in [0, 0.05) is 23.2 Å². The summed E-state index contributed by atoms with van der Waals surface area (Å²) in [5, 5.41) is 8.38. The molecule has 0 fully saturated rings. The molecule has 2 aromatic heterocycles. The van der Waals surface area contributed by atoms with Crippen LogP contribution < -0.4 is 5.32 Å². The highest BCUT2D eigenvalue weighted by Crippen LogP contribution is 2.27. The van der Waals surface area contributed by atoms with E-state index in [1.165, 1.54) is 9.09 Å². The molecular weight excluding hydrogens is 254 g/mol. The van der Waals surface area contributed by atoms with Gasteiger partial charge in [-0.1, -0.05) is 19.1 Å². The third kappa shape index (κ3) is 3.94. The largest absolute Gasteiger partial charge is 0.311 e. The normalized spacial score (nSPS) is 12.8. The molecule has 16 heavy (non-hydrogen) atoms. The minimum atomic E-state index is 0.624. The molecule has 0 bridgehead atoms. The molecule has 0 aliphatic heterocycles. The number of nitrogens with one attached hydrogen (secondary N) is 1. The zero-order valence-electron chi connectivity index (χ0n) is 9.18. The highest BCUT2D eigenvalue weighted by Gasteiger charge is 2.04. The van der Waals surface area contributed by atoms with Gasteiger partial charge in [-0.25, -0.2) is 0 Å². The van der Waals surface area contributed by atoms with Crippen LogP contribution in [0.3, 0.4) is 0 Å². The fourth-order valence-corrected chi connectivity index (χ4v) is 4.14. The van der Waals surface area contributed by atoms with Crippen molar-refractivity contribution in [2.45, 2.75) is 22.9 Å². The Hall–Kier alpha value is -0.290. The molecule has 0 aliphatic rings. The first-order valence-corrected chi connectivity index (χ1v) is 7.92. The maximum Gasteiger partial charge on any atom is 0.0601 e. The lowest BCUT2D eigenvalue weighted by atomic mass is 10.4. The number of hydrogen-bond acceptors (Lipinski definition) is 4. The van der Waals surface area contributed by atoms with Crippen LogP contribution in [-0.4, -0.2) is 11.8 Å². The molecule has 2 aromatic rings. The molecule has 0 spiro atoms. The minimum Gasteiger partial charge on any atom is -0.311 e. The summed E-state index contributed by atoms with van der Waals surface area (Å²) in [6.45, 7) is 4.32. The highest BCUT2D eigenvalue weighted by atomic mass is 32.2. The van der Waals surface area contributed by atoms with Gasteiger partial charge in [0.25, 0.3) is 0 Å². The van der Waals surface area contributed by atoms with Crippen molar-refractivity contribution < 1.29 is 0 Å². The van der Waals surface area contributed by atoms with E-state index < -0.39 is 0 Å². The molecule has 1 nitrogen and oxygen atoms in total. The molecule has 2 rings (SSSR count). The van der Waals surface area contributed by atoms with Crippen LogP contribution in [0.5, 0.6) is 0 Å². The average Bonchev–Trinajstić information content (AvgIpc) is 2.90. The van der Waals surface area contributed by atoms with Crippen molar-refractivity contribution in [2.24, 2.45) is 0 Å². The Kier molecular flexibility index (Phi) is 4.91. The van der Waals surface area contributed by atoms with Gasteiger partial charge in [0.1, 0.15) is 0 Å². The lowest BCUT2D eigenvalue weighted by Gasteiger charge is -2.10. The van der Waals surface area contributed by atoms with Gasteiger partial charge in [0.15, 0.2) is 0 Å². The van der Waals surface area contributed by atoms with Crippen molar-refractivity contribution in [1.82, 2.24) is 5.32 Å². The summed E-state index contributed by atoms with van der Waals surface area (Å²) < 4.78 is 1.41. The molecule has 86 valence electrons. The van der Waals surface area contributed by atoms with Crippen LogP contribution in [0.1, 0.15) is 11.8 Å². The summed E-state index contributed by atoms with van der Waals surface area (Å²) in [7, 11) is 0. The van der Waals surface area contributed by atoms with Gasteiger partial charge < -0.3 is 5.32 Å². The monoisotopic (exact) mass is 269 g/mol. The summed E-state index contributed by atoms with van der Waals surface area (Å²) in [6, 6.07) is 8.57. The molecule has 0 aliphatic carbocycles. The smallest absolute Gasteiger partial charge is 0.0601 e. The topological polar surface area (TPSA) is 12.0 Å². The summed E-state index contributed by atoms with van der Waals surface area (Å²) in [5.74, 6) is 0. The Morgan fingerprint density at radius 2 is 2.06 bits per heavy atom. The Morgan fingerprint density at radius 3 is 2.75 bits per heavy atom. The van der Waals surface area contributed by atoms with Gasteiger partial charge in [-0.15, -0.1) is 34.4 Å². The van der Waals surface area contributed by atoms with Crippen LogP contribution in [0.4, 0.5) is 0 Å². The first-order valence-electron chi connectivity index (χ1n) is 5.28. The van der Waals surface area contributed by atoms with Crippen LogP contribution in [0, 0.1) is 0 Å². The van der Waals surface area contributed by atoms with Crippen molar-refractivity contribution in [3.8, 4) is 0 Å². The zero-order chi connectivity index (χ0) is 11.2. The summed E-state index contributed by atoms with van der Waals surface area (Å²) >= 11 is 5.58. The second kappa shape index (κ2) is 6.45. The summed E-state index contributed by atoms with van der Waals surface area (Å²) in [6.07, 6.45) is 0. The first kappa shape index (κ1) is 12.2. The molecular formula is C12H15NS3. The van der Waals surface area contributed by atoms with Crippen molar-refractivity contribution in [1.29, 1.82) is 0 Å². The van der Waals surface area contributed by atoms with Crippen LogP contribution in [0.15, 0.2) is 39.2 Å². The Bertz CT molecular complexity index is 380. The van der Waals surface area contributed by atoms with Crippen molar-refractivity contribution in [2.75, 3.05) is 6.54 Å². The first-order chi connectivity index (χ1) is 7.84. The fraction of sp³-hybridized carbons (Fsp3) is 0.333. The van der Waals surface area contributed by atoms with Gasteiger partial charge in [0.2, 0.25) is 0 Å². The molecule has 0 amide bonds. The van der Waals surface area contributed by atoms with Crippen LogP contribution in [-0.2, 0) is 6.54 Å². The van der Waals surface area contributed by atoms with Gasteiger partial charge in [-0.2, -0.15) is 0 Å². The van der Waals surface area contributed by atoms with Crippen molar-refractivity contribution in [3.63, 3.8) is 0 Å². The Balaban J connectivity index is 1.66. The predicted molar refractivity (Wildman–Crippen MR) is 75.7 cm³/mol. The second-order valence-corrected chi connectivity index (χ2v) is 7.29. The third-order valence-electron chi connectivity index (χ3n) is 2.12. The molecule has 2 heterocycles. The lowest BCUT2D eigenvalue weighted by molar-refractivity contribution is 0.691. The van der Waals surface area contributed by atoms with E-state index in [-0.39, 0.29) is 0 Å². The third-order valence-corrected chi connectivity index (χ3v) is 5.18. The van der Waals surface area contributed by atoms with Crippen LogP contribution in [0.2, 0.25) is 0 Å². The summed E-state index contributed by atoms with van der Waals surface area (Å²) in [4.78, 5) is 1.41. The van der Waals surface area contributed by atoms with Gasteiger partial charge in [-0.05, 0) is 22.9 Å². The number of thioether (sulfide) groups is 1. The van der Waals surface area contributed by atoms with Crippen molar-refractivity contribution >= 4 is 34.4 Å². The van der Waals surface area contributed by atoms with E-state index in [0.717, 1.165) is 13.1 Å². The van der Waals surface area contributed by atoms with Gasteiger partial charge in [0.05, 0.1) is 4.21 Å².